The van der Waals surface area contributed by atoms with E-state index in [4.69, 9.17) is 4.74 Å². The number of hydrogen-bond acceptors (Lipinski definition) is 4. The molecule has 26 heavy (non-hydrogen) atoms. The van der Waals surface area contributed by atoms with Gasteiger partial charge in [0.05, 0.1) is 18.8 Å². The van der Waals surface area contributed by atoms with Crippen LogP contribution in [-0.2, 0) is 0 Å². The Morgan fingerprint density at radius 3 is 2.58 bits per heavy atom. The largest absolute Gasteiger partial charge is 0.490 e. The van der Waals surface area contributed by atoms with Gasteiger partial charge < -0.3 is 9.64 Å². The topological polar surface area (TPSA) is 28.6 Å². The number of rotatable bonds is 5. The second-order valence-electron chi connectivity index (χ2n) is 8.09. The molecule has 0 aromatic carbocycles. The van der Waals surface area contributed by atoms with Gasteiger partial charge in [0.2, 0.25) is 0 Å². The van der Waals surface area contributed by atoms with Gasteiger partial charge in [0, 0.05) is 24.7 Å². The van der Waals surface area contributed by atoms with Crippen molar-refractivity contribution in [1.29, 1.82) is 0 Å². The highest BCUT2D eigenvalue weighted by atomic mass is 19.3. The summed E-state index contributed by atoms with van der Waals surface area (Å²) in [4.78, 5) is 8.65. The Hall–Kier alpha value is -1.27. The first-order valence-electron chi connectivity index (χ1n) is 10.0. The third kappa shape index (κ3) is 4.17. The van der Waals surface area contributed by atoms with Crippen LogP contribution in [0.15, 0.2) is 24.5 Å². The minimum absolute atomic E-state index is 0.101. The number of nitrogens with zero attached hydrogens (tertiary/aromatic N) is 3. The average molecular weight is 365 g/mol. The van der Waals surface area contributed by atoms with E-state index < -0.39 is 5.92 Å². The van der Waals surface area contributed by atoms with E-state index in [1.54, 1.807) is 18.5 Å². The first-order valence-corrected chi connectivity index (χ1v) is 10.0. The predicted molar refractivity (Wildman–Crippen MR) is 96.6 cm³/mol. The molecule has 0 amide bonds. The number of ether oxygens (including phenoxy) is 1. The van der Waals surface area contributed by atoms with Crippen molar-refractivity contribution >= 4 is 0 Å². The molecule has 0 bridgehead atoms. The van der Waals surface area contributed by atoms with Gasteiger partial charge in [-0.2, -0.15) is 0 Å². The Balaban J connectivity index is 1.34. The normalized spacial score (nSPS) is 28.6. The van der Waals surface area contributed by atoms with E-state index in [1.807, 2.05) is 11.0 Å². The van der Waals surface area contributed by atoms with E-state index in [0.29, 0.717) is 12.4 Å². The van der Waals surface area contributed by atoms with E-state index in [2.05, 4.69) is 9.88 Å². The Morgan fingerprint density at radius 1 is 1.12 bits per heavy atom. The predicted octanol–water partition coefficient (Wildman–Crippen LogP) is 3.58. The first kappa shape index (κ1) is 18.1. The van der Waals surface area contributed by atoms with Gasteiger partial charge in [0.15, 0.2) is 0 Å². The molecule has 3 heterocycles. The fraction of sp³-hybridized carbons (Fsp3) is 0.750. The Labute approximate surface area is 154 Å². The first-order chi connectivity index (χ1) is 12.6. The second kappa shape index (κ2) is 7.77. The van der Waals surface area contributed by atoms with Crippen LogP contribution in [0.1, 0.15) is 44.9 Å². The number of likely N-dealkylation sites (tertiary alicyclic amines) is 2. The zero-order valence-corrected chi connectivity index (χ0v) is 15.3. The lowest BCUT2D eigenvalue weighted by Gasteiger charge is -2.41. The molecule has 3 aliphatic rings. The van der Waals surface area contributed by atoms with Gasteiger partial charge >= 0.3 is 0 Å². The molecule has 2 aliphatic heterocycles. The van der Waals surface area contributed by atoms with E-state index in [0.717, 1.165) is 32.0 Å². The minimum atomic E-state index is -2.61. The third-order valence-electron chi connectivity index (χ3n) is 6.30. The molecule has 1 saturated carbocycles. The van der Waals surface area contributed by atoms with Gasteiger partial charge in [-0.3, -0.25) is 9.88 Å². The number of piperidine rings is 1. The fourth-order valence-electron chi connectivity index (χ4n) is 4.98. The van der Waals surface area contributed by atoms with Crippen LogP contribution in [0.3, 0.4) is 0 Å². The molecule has 6 heteroatoms. The number of halogens is 2. The molecule has 4 rings (SSSR count). The van der Waals surface area contributed by atoms with Crippen LogP contribution in [-0.4, -0.2) is 65.1 Å². The van der Waals surface area contributed by atoms with Crippen molar-refractivity contribution in [3.63, 3.8) is 0 Å². The summed E-state index contributed by atoms with van der Waals surface area (Å²) < 4.78 is 34.0. The molecule has 4 nitrogen and oxygen atoms in total. The lowest BCUT2D eigenvalue weighted by atomic mass is 10.00. The van der Waals surface area contributed by atoms with Crippen molar-refractivity contribution in [3.05, 3.63) is 24.5 Å². The summed E-state index contributed by atoms with van der Waals surface area (Å²) in [5, 5.41) is 0. The molecule has 1 aliphatic carbocycles. The van der Waals surface area contributed by atoms with Crippen molar-refractivity contribution in [3.8, 4) is 5.75 Å². The number of hydrogen-bond donors (Lipinski definition) is 0. The average Bonchev–Trinajstić information content (AvgIpc) is 3.29. The molecular formula is C20H29F2N3O. The smallest absolute Gasteiger partial charge is 0.262 e. The SMILES string of the molecule is FC1(F)C[C@@H](COc2cccnc2)N(C2CCN(C3CCCC3)CC2)C1. The van der Waals surface area contributed by atoms with Gasteiger partial charge in [-0.15, -0.1) is 0 Å². The van der Waals surface area contributed by atoms with Crippen molar-refractivity contribution in [1.82, 2.24) is 14.8 Å². The van der Waals surface area contributed by atoms with Crippen LogP contribution >= 0.6 is 0 Å². The number of alkyl halides is 2. The quantitative estimate of drug-likeness (QED) is 0.798. The lowest BCUT2D eigenvalue weighted by Crippen LogP contribution is -2.50. The van der Waals surface area contributed by atoms with Gasteiger partial charge in [0.25, 0.3) is 5.92 Å². The Bertz CT molecular complexity index is 572. The maximum absolute atomic E-state index is 14.1. The summed E-state index contributed by atoms with van der Waals surface area (Å²) in [6.07, 6.45) is 10.5. The fourth-order valence-corrected chi connectivity index (χ4v) is 4.98. The van der Waals surface area contributed by atoms with Crippen molar-refractivity contribution < 1.29 is 13.5 Å². The molecule has 3 fully saturated rings. The van der Waals surface area contributed by atoms with Crippen LogP contribution in [0.2, 0.25) is 0 Å². The molecule has 1 atom stereocenters. The van der Waals surface area contributed by atoms with Crippen LogP contribution < -0.4 is 4.74 Å². The van der Waals surface area contributed by atoms with E-state index in [9.17, 15) is 8.78 Å². The summed E-state index contributed by atoms with van der Waals surface area (Å²) >= 11 is 0. The van der Waals surface area contributed by atoms with E-state index in [1.165, 1.54) is 25.7 Å². The van der Waals surface area contributed by atoms with Crippen molar-refractivity contribution in [2.75, 3.05) is 26.2 Å². The van der Waals surface area contributed by atoms with Gasteiger partial charge in [-0.1, -0.05) is 12.8 Å². The highest BCUT2D eigenvalue weighted by Gasteiger charge is 2.48. The summed E-state index contributed by atoms with van der Waals surface area (Å²) in [7, 11) is 0. The standard InChI is InChI=1S/C20H29F2N3O/c21-20(22)12-18(14-26-19-6-3-9-23-13-19)25(15-20)17-7-10-24(11-8-17)16-4-1-2-5-16/h3,6,9,13,16-18H,1-2,4-5,7-8,10-12,14-15H2/t18-/m0/s1. The summed E-state index contributed by atoms with van der Waals surface area (Å²) in [6, 6.07) is 4.40. The summed E-state index contributed by atoms with van der Waals surface area (Å²) in [5.41, 5.74) is 0. The Kier molecular flexibility index (Phi) is 5.41. The zero-order chi connectivity index (χ0) is 18.0. The van der Waals surface area contributed by atoms with Gasteiger partial charge in [-0.25, -0.2) is 8.78 Å². The molecular weight excluding hydrogens is 336 g/mol. The van der Waals surface area contributed by atoms with Crippen LogP contribution in [0, 0.1) is 0 Å². The van der Waals surface area contributed by atoms with Crippen molar-refractivity contribution in [2.45, 2.75) is 69.0 Å². The van der Waals surface area contributed by atoms with E-state index >= 15 is 0 Å². The number of pyridine rings is 1. The van der Waals surface area contributed by atoms with E-state index in [-0.39, 0.29) is 25.0 Å². The third-order valence-corrected chi connectivity index (χ3v) is 6.30. The second-order valence-corrected chi connectivity index (χ2v) is 8.09. The zero-order valence-electron chi connectivity index (χ0n) is 15.3. The molecule has 0 N–H and O–H groups in total. The highest BCUT2D eigenvalue weighted by molar-refractivity contribution is 5.15. The molecule has 2 saturated heterocycles. The van der Waals surface area contributed by atoms with Crippen LogP contribution in [0.5, 0.6) is 5.75 Å². The Morgan fingerprint density at radius 2 is 1.88 bits per heavy atom. The number of aromatic nitrogens is 1. The molecule has 0 spiro atoms. The van der Waals surface area contributed by atoms with Gasteiger partial charge in [-0.05, 0) is 50.9 Å². The monoisotopic (exact) mass is 365 g/mol. The summed E-state index contributed by atoms with van der Waals surface area (Å²) in [5.74, 6) is -1.95. The summed E-state index contributed by atoms with van der Waals surface area (Å²) in [6.45, 7) is 2.29. The molecule has 144 valence electrons. The minimum Gasteiger partial charge on any atom is -0.490 e. The van der Waals surface area contributed by atoms with Gasteiger partial charge in [0.1, 0.15) is 12.4 Å². The maximum Gasteiger partial charge on any atom is 0.262 e. The van der Waals surface area contributed by atoms with Crippen LogP contribution in [0.4, 0.5) is 8.78 Å². The van der Waals surface area contributed by atoms with Crippen LogP contribution in [0.25, 0.3) is 0 Å². The highest BCUT2D eigenvalue weighted by Crippen LogP contribution is 2.36. The molecule has 0 unspecified atom stereocenters. The lowest BCUT2D eigenvalue weighted by molar-refractivity contribution is 0.00136. The molecule has 1 aromatic rings. The molecule has 0 radical (unpaired) electrons. The maximum atomic E-state index is 14.1. The van der Waals surface area contributed by atoms with Crippen molar-refractivity contribution in [2.24, 2.45) is 0 Å². The molecule has 1 aromatic heterocycles.